The van der Waals surface area contributed by atoms with Gasteiger partial charge in [0.05, 0.1) is 0 Å². The molecule has 23 heavy (non-hydrogen) atoms. The molecule has 6 heteroatoms. The van der Waals surface area contributed by atoms with Crippen LogP contribution in [0.3, 0.4) is 0 Å². The zero-order valence-corrected chi connectivity index (χ0v) is 13.5. The summed E-state index contributed by atoms with van der Waals surface area (Å²) < 4.78 is 0. The third-order valence-corrected chi connectivity index (χ3v) is 3.24. The van der Waals surface area contributed by atoms with Gasteiger partial charge in [0, 0.05) is 28.5 Å². The molecule has 0 unspecified atom stereocenters. The molecule has 0 aliphatic rings. The van der Waals surface area contributed by atoms with E-state index in [1.165, 1.54) is 0 Å². The number of anilines is 3. The van der Waals surface area contributed by atoms with Crippen LogP contribution in [0.2, 0.25) is 5.02 Å². The second-order valence-electron chi connectivity index (χ2n) is 4.96. The molecule has 0 aliphatic carbocycles. The number of hydrogen-bond acceptors (Lipinski definition) is 2. The lowest BCUT2D eigenvalue weighted by atomic mass is 10.2. The Bertz CT molecular complexity index is 686. The zero-order chi connectivity index (χ0) is 16.7. The number of halogens is 1. The van der Waals surface area contributed by atoms with Gasteiger partial charge in [0.25, 0.3) is 0 Å². The molecule has 0 fully saturated rings. The molecular weight excluding hydrogens is 314 g/mol. The van der Waals surface area contributed by atoms with Gasteiger partial charge in [0.15, 0.2) is 0 Å². The first-order valence-electron chi connectivity index (χ1n) is 7.30. The predicted octanol–water partition coefficient (Wildman–Crippen LogP) is 4.72. The molecule has 0 saturated heterocycles. The number of carbonyl (C=O) groups is 2. The molecule has 120 valence electrons. The monoisotopic (exact) mass is 331 g/mol. The Balaban J connectivity index is 1.95. The number of nitrogens with one attached hydrogen (secondary N) is 3. The quantitative estimate of drug-likeness (QED) is 0.741. The average molecular weight is 332 g/mol. The van der Waals surface area contributed by atoms with Crippen LogP contribution in [0.1, 0.15) is 19.8 Å². The Morgan fingerprint density at radius 2 is 1.52 bits per heavy atom. The summed E-state index contributed by atoms with van der Waals surface area (Å²) >= 11 is 5.80. The van der Waals surface area contributed by atoms with E-state index in [9.17, 15) is 9.59 Å². The third-order valence-electron chi connectivity index (χ3n) is 2.98. The van der Waals surface area contributed by atoms with Gasteiger partial charge >= 0.3 is 6.03 Å². The molecular formula is C17H18ClN3O2. The van der Waals surface area contributed by atoms with Gasteiger partial charge in [0.1, 0.15) is 0 Å². The standard InChI is InChI=1S/C17H18ClN3O2/c1-2-4-16(22)19-14-5-3-6-15(11-14)21-17(23)20-13-9-7-12(18)8-10-13/h3,5-11H,2,4H2,1H3,(H,19,22)(H2,20,21,23). The van der Waals surface area contributed by atoms with Gasteiger partial charge in [-0.1, -0.05) is 24.6 Å². The SMILES string of the molecule is CCCC(=O)Nc1cccc(NC(=O)Nc2ccc(Cl)cc2)c1. The number of rotatable bonds is 5. The molecule has 0 radical (unpaired) electrons. The first-order chi connectivity index (χ1) is 11.1. The molecule has 0 aliphatic heterocycles. The lowest BCUT2D eigenvalue weighted by Crippen LogP contribution is -2.19. The van der Waals surface area contributed by atoms with Gasteiger partial charge in [-0.05, 0) is 48.9 Å². The summed E-state index contributed by atoms with van der Waals surface area (Å²) in [4.78, 5) is 23.6. The van der Waals surface area contributed by atoms with Crippen LogP contribution < -0.4 is 16.0 Å². The van der Waals surface area contributed by atoms with Crippen molar-refractivity contribution in [3.63, 3.8) is 0 Å². The second-order valence-corrected chi connectivity index (χ2v) is 5.40. The van der Waals surface area contributed by atoms with E-state index in [4.69, 9.17) is 11.6 Å². The topological polar surface area (TPSA) is 70.2 Å². The molecule has 0 spiro atoms. The Kier molecular flexibility index (Phi) is 6.00. The molecule has 3 amide bonds. The highest BCUT2D eigenvalue weighted by molar-refractivity contribution is 6.30. The minimum absolute atomic E-state index is 0.0461. The first kappa shape index (κ1) is 16.8. The molecule has 0 heterocycles. The normalized spacial score (nSPS) is 10.0. The van der Waals surface area contributed by atoms with Crippen LogP contribution in [-0.4, -0.2) is 11.9 Å². The Labute approximate surface area is 140 Å². The van der Waals surface area contributed by atoms with Crippen molar-refractivity contribution in [1.82, 2.24) is 0 Å². The first-order valence-corrected chi connectivity index (χ1v) is 7.68. The summed E-state index contributed by atoms with van der Waals surface area (Å²) in [5.41, 5.74) is 1.87. The van der Waals surface area contributed by atoms with Crippen molar-refractivity contribution in [2.75, 3.05) is 16.0 Å². The van der Waals surface area contributed by atoms with E-state index < -0.39 is 0 Å². The highest BCUT2D eigenvalue weighted by atomic mass is 35.5. The number of benzene rings is 2. The van der Waals surface area contributed by atoms with Crippen molar-refractivity contribution in [3.8, 4) is 0 Å². The highest BCUT2D eigenvalue weighted by Gasteiger charge is 2.05. The van der Waals surface area contributed by atoms with Crippen molar-refractivity contribution in [3.05, 3.63) is 53.6 Å². The number of amides is 3. The fourth-order valence-corrected chi connectivity index (χ4v) is 2.08. The fourth-order valence-electron chi connectivity index (χ4n) is 1.95. The number of hydrogen-bond donors (Lipinski definition) is 3. The summed E-state index contributed by atoms with van der Waals surface area (Å²) in [7, 11) is 0. The molecule has 0 aromatic heterocycles. The van der Waals surface area contributed by atoms with Crippen molar-refractivity contribution in [2.45, 2.75) is 19.8 Å². The molecule has 0 saturated carbocycles. The molecule has 0 bridgehead atoms. The third kappa shape index (κ3) is 5.64. The highest BCUT2D eigenvalue weighted by Crippen LogP contribution is 2.17. The molecule has 2 aromatic carbocycles. The van der Waals surface area contributed by atoms with Crippen LogP contribution in [-0.2, 0) is 4.79 Å². The predicted molar refractivity (Wildman–Crippen MR) is 94.1 cm³/mol. The van der Waals surface area contributed by atoms with Crippen LogP contribution in [0.5, 0.6) is 0 Å². The van der Waals surface area contributed by atoms with Crippen LogP contribution >= 0.6 is 11.6 Å². The maximum Gasteiger partial charge on any atom is 0.323 e. The zero-order valence-electron chi connectivity index (χ0n) is 12.7. The fraction of sp³-hybridized carbons (Fsp3) is 0.176. The molecule has 5 nitrogen and oxygen atoms in total. The molecule has 0 atom stereocenters. The summed E-state index contributed by atoms with van der Waals surface area (Å²) in [6, 6.07) is 13.4. The lowest BCUT2D eigenvalue weighted by Gasteiger charge is -2.10. The van der Waals surface area contributed by atoms with E-state index in [1.54, 1.807) is 48.5 Å². The van der Waals surface area contributed by atoms with Crippen LogP contribution in [0.25, 0.3) is 0 Å². The van der Waals surface area contributed by atoms with Gasteiger partial charge in [-0.3, -0.25) is 4.79 Å². The van der Waals surface area contributed by atoms with Crippen LogP contribution in [0.15, 0.2) is 48.5 Å². The maximum atomic E-state index is 12.0. The van der Waals surface area contributed by atoms with Crippen molar-refractivity contribution in [2.24, 2.45) is 0 Å². The second kappa shape index (κ2) is 8.19. The summed E-state index contributed by atoms with van der Waals surface area (Å²) in [6.45, 7) is 1.94. The van der Waals surface area contributed by atoms with E-state index in [1.807, 2.05) is 6.92 Å². The van der Waals surface area contributed by atoms with Gasteiger partial charge in [-0.25, -0.2) is 4.79 Å². The minimum atomic E-state index is -0.371. The molecule has 3 N–H and O–H groups in total. The van der Waals surface area contributed by atoms with Crippen LogP contribution in [0.4, 0.5) is 21.9 Å². The van der Waals surface area contributed by atoms with Crippen molar-refractivity contribution >= 4 is 40.6 Å². The lowest BCUT2D eigenvalue weighted by molar-refractivity contribution is -0.116. The average Bonchev–Trinajstić information content (AvgIpc) is 2.50. The number of urea groups is 1. The van der Waals surface area contributed by atoms with E-state index in [-0.39, 0.29) is 11.9 Å². The van der Waals surface area contributed by atoms with Crippen molar-refractivity contribution in [1.29, 1.82) is 0 Å². The maximum absolute atomic E-state index is 12.0. The van der Waals surface area contributed by atoms with E-state index >= 15 is 0 Å². The molecule has 2 rings (SSSR count). The van der Waals surface area contributed by atoms with Gasteiger partial charge in [0.2, 0.25) is 5.91 Å². The van der Waals surface area contributed by atoms with Gasteiger partial charge < -0.3 is 16.0 Å². The molecule has 2 aromatic rings. The summed E-state index contributed by atoms with van der Waals surface area (Å²) in [5, 5.41) is 8.81. The van der Waals surface area contributed by atoms with Gasteiger partial charge in [-0.2, -0.15) is 0 Å². The smallest absolute Gasteiger partial charge is 0.323 e. The number of carbonyl (C=O) groups excluding carboxylic acids is 2. The Morgan fingerprint density at radius 1 is 0.913 bits per heavy atom. The van der Waals surface area contributed by atoms with Crippen molar-refractivity contribution < 1.29 is 9.59 Å². The Hall–Kier alpha value is -2.53. The largest absolute Gasteiger partial charge is 0.326 e. The Morgan fingerprint density at radius 3 is 2.17 bits per heavy atom. The summed E-state index contributed by atoms with van der Waals surface area (Å²) in [6.07, 6.45) is 1.25. The summed E-state index contributed by atoms with van der Waals surface area (Å²) in [5.74, 6) is -0.0461. The van der Waals surface area contributed by atoms with E-state index in [0.29, 0.717) is 28.5 Å². The van der Waals surface area contributed by atoms with Gasteiger partial charge in [-0.15, -0.1) is 0 Å². The van der Waals surface area contributed by atoms with E-state index in [0.717, 1.165) is 6.42 Å². The van der Waals surface area contributed by atoms with Crippen LogP contribution in [0, 0.1) is 0 Å². The minimum Gasteiger partial charge on any atom is -0.326 e. The van der Waals surface area contributed by atoms with E-state index in [2.05, 4.69) is 16.0 Å².